The first-order valence-electron chi connectivity index (χ1n) is 10.2. The minimum absolute atomic E-state index is 0.151. The van der Waals surface area contributed by atoms with E-state index >= 15 is 0 Å². The zero-order valence-electron chi connectivity index (χ0n) is 15.4. The molecule has 0 amide bonds. The average Bonchev–Trinajstić information content (AvgIpc) is 2.65. The summed E-state index contributed by atoms with van der Waals surface area (Å²) < 4.78 is 6.01. The van der Waals surface area contributed by atoms with Gasteiger partial charge in [0.05, 0.1) is 0 Å². The molecule has 0 aliphatic heterocycles. The molecule has 3 rings (SSSR count). The molecule has 0 aromatic heterocycles. The molecule has 1 nitrogen and oxygen atoms in total. The summed E-state index contributed by atoms with van der Waals surface area (Å²) in [5, 5.41) is 1.55. The summed E-state index contributed by atoms with van der Waals surface area (Å²) in [5.74, 6) is 1.03. The monoisotopic (exact) mass is 473 g/mol. The van der Waals surface area contributed by atoms with Gasteiger partial charge < -0.3 is 0 Å². The normalized spacial score (nSPS) is 22.6. The number of benzene rings is 1. The van der Waals surface area contributed by atoms with Crippen LogP contribution in [0.15, 0.2) is 24.3 Å². The van der Waals surface area contributed by atoms with Gasteiger partial charge in [-0.25, -0.2) is 0 Å². The molecule has 0 spiro atoms. The van der Waals surface area contributed by atoms with Gasteiger partial charge in [-0.2, -0.15) is 0 Å². The third kappa shape index (κ3) is 4.29. The average molecular weight is 474 g/mol. The summed E-state index contributed by atoms with van der Waals surface area (Å²) in [6.45, 7) is 2.79. The van der Waals surface area contributed by atoms with Gasteiger partial charge in [0.25, 0.3) is 0 Å². The third-order valence-electron chi connectivity index (χ3n) is 6.54. The van der Waals surface area contributed by atoms with Crippen molar-refractivity contribution in [3.05, 3.63) is 24.3 Å². The second-order valence-corrected chi connectivity index (χ2v) is 15.5. The predicted octanol–water partition coefficient (Wildman–Crippen LogP) is 6.20. The van der Waals surface area contributed by atoms with E-state index in [9.17, 15) is 0 Å². The van der Waals surface area contributed by atoms with E-state index in [2.05, 4.69) is 50.4 Å². The second kappa shape index (κ2) is 9.55. The van der Waals surface area contributed by atoms with Crippen LogP contribution in [0.25, 0.3) is 0 Å². The van der Waals surface area contributed by atoms with E-state index in [1.54, 1.807) is 5.30 Å². The van der Waals surface area contributed by atoms with Crippen molar-refractivity contribution in [2.75, 3.05) is 6.61 Å². The first-order chi connectivity index (χ1) is 12.2. The molecule has 0 saturated heterocycles. The van der Waals surface area contributed by atoms with Crippen molar-refractivity contribution in [1.29, 1.82) is 0 Å². The molecule has 1 aromatic rings. The van der Waals surface area contributed by atoms with E-state index in [0.717, 1.165) is 23.7 Å². The first-order valence-corrected chi connectivity index (χ1v) is 13.7. The van der Waals surface area contributed by atoms with Gasteiger partial charge in [0, 0.05) is 0 Å². The van der Waals surface area contributed by atoms with Crippen molar-refractivity contribution in [2.45, 2.75) is 86.0 Å². The van der Waals surface area contributed by atoms with Crippen molar-refractivity contribution < 1.29 is 23.9 Å². The molecule has 2 fully saturated rings. The Morgan fingerprint density at radius 1 is 1.04 bits per heavy atom. The fourth-order valence-corrected chi connectivity index (χ4v) is 15.9. The summed E-state index contributed by atoms with van der Waals surface area (Å²) in [7, 11) is -1.89. The van der Waals surface area contributed by atoms with Crippen LogP contribution in [-0.4, -0.2) is 21.5 Å². The zero-order valence-corrected chi connectivity index (χ0v) is 18.7. The Kier molecular flexibility index (Phi) is 7.70. The van der Waals surface area contributed by atoms with Crippen molar-refractivity contribution in [2.24, 2.45) is 0 Å². The van der Waals surface area contributed by atoms with Gasteiger partial charge in [0.15, 0.2) is 0 Å². The van der Waals surface area contributed by atoms with Crippen LogP contribution >= 0.6 is 18.9 Å². The zero-order chi connectivity index (χ0) is 17.7. The van der Waals surface area contributed by atoms with Crippen LogP contribution < -0.4 is 10.0 Å². The number of alkyl halides is 1. The number of ether oxygens (including phenoxy) is 1. The Bertz CT molecular complexity index is 520. The number of hydrogen-bond acceptors (Lipinski definition) is 1. The van der Waals surface area contributed by atoms with Crippen LogP contribution in [0, 0.1) is 0 Å². The van der Waals surface area contributed by atoms with Gasteiger partial charge in [-0.3, -0.25) is 0 Å². The van der Waals surface area contributed by atoms with Crippen LogP contribution in [0.2, 0.25) is 0 Å². The first kappa shape index (κ1) is 20.1. The molecular weight excluding hydrogens is 441 g/mol. The van der Waals surface area contributed by atoms with Crippen LogP contribution in [0.4, 0.5) is 0 Å². The maximum absolute atomic E-state index is 7.09. The Labute approximate surface area is 170 Å². The predicted molar refractivity (Wildman–Crippen MR) is 109 cm³/mol. The van der Waals surface area contributed by atoms with Gasteiger partial charge in [-0.05, 0) is 0 Å². The summed E-state index contributed by atoms with van der Waals surface area (Å²) >= 11 is 10.7. The second-order valence-electron chi connectivity index (χ2n) is 7.83. The molecule has 0 heterocycles. The Morgan fingerprint density at radius 3 is 2.08 bits per heavy atom. The van der Waals surface area contributed by atoms with Crippen molar-refractivity contribution >= 4 is 24.2 Å². The minimum atomic E-state index is -1.89. The summed E-state index contributed by atoms with van der Waals surface area (Å²) in [6, 6.07) is 9.03. The number of hydrogen-bond donors (Lipinski definition) is 0. The summed E-state index contributed by atoms with van der Waals surface area (Å²) in [5.41, 5.74) is 1.64. The molecular formula is C21H33ClOPPd. The van der Waals surface area contributed by atoms with Crippen LogP contribution in [0.1, 0.15) is 71.1 Å². The molecule has 1 atom stereocenters. The molecule has 4 heteroatoms. The molecule has 0 bridgehead atoms. The van der Waals surface area contributed by atoms with Crippen LogP contribution in [0.5, 0.6) is 5.75 Å². The summed E-state index contributed by atoms with van der Waals surface area (Å²) in [6.07, 6.45) is 13.9. The molecule has 2 saturated carbocycles. The van der Waals surface area contributed by atoms with Crippen LogP contribution in [0.3, 0.4) is 0 Å². The molecule has 0 N–H and O–H groups in total. The Balaban J connectivity index is 2.06. The molecule has 2 aliphatic rings. The molecule has 0 radical (unpaired) electrons. The van der Waals surface area contributed by atoms with E-state index in [0.29, 0.717) is 0 Å². The van der Waals surface area contributed by atoms with Gasteiger partial charge >= 0.3 is 171 Å². The van der Waals surface area contributed by atoms with E-state index < -0.39 is 7.26 Å². The van der Waals surface area contributed by atoms with E-state index in [1.807, 2.05) is 0 Å². The molecule has 1 unspecified atom stereocenters. The van der Waals surface area contributed by atoms with E-state index in [1.165, 1.54) is 64.2 Å². The standard InChI is InChI=1S/C21H33ClOP.Pd/c1-2-23-18-10-9-15-21(16-18)24(17-22,19-11-5-3-6-12-19)20-13-7-4-8-14-20;/h9-10,15-17,19-20,24H,2-8,11-14H2,1H3;. The van der Waals surface area contributed by atoms with Gasteiger partial charge in [0.2, 0.25) is 0 Å². The Morgan fingerprint density at radius 2 is 1.60 bits per heavy atom. The number of halogens is 1. The van der Waals surface area contributed by atoms with Crippen molar-refractivity contribution in [3.63, 3.8) is 0 Å². The Hall–Kier alpha value is 0.402. The third-order valence-corrected chi connectivity index (χ3v) is 15.7. The van der Waals surface area contributed by atoms with Gasteiger partial charge in [-0.1, -0.05) is 0 Å². The number of rotatable bonds is 6. The quantitative estimate of drug-likeness (QED) is 0.271. The van der Waals surface area contributed by atoms with Crippen molar-refractivity contribution in [3.8, 4) is 5.75 Å². The van der Waals surface area contributed by atoms with E-state index in [-0.39, 0.29) is 3.59 Å². The maximum atomic E-state index is 7.09. The van der Waals surface area contributed by atoms with Crippen molar-refractivity contribution in [1.82, 2.24) is 0 Å². The fourth-order valence-electron chi connectivity index (χ4n) is 5.43. The summed E-state index contributed by atoms with van der Waals surface area (Å²) in [4.78, 5) is 0. The molecule has 2 aliphatic carbocycles. The van der Waals surface area contributed by atoms with Gasteiger partial charge in [0.1, 0.15) is 0 Å². The van der Waals surface area contributed by atoms with Gasteiger partial charge in [-0.15, -0.1) is 0 Å². The van der Waals surface area contributed by atoms with E-state index in [4.69, 9.17) is 16.3 Å². The molecule has 25 heavy (non-hydrogen) atoms. The van der Waals surface area contributed by atoms with Crippen LogP contribution in [-0.2, 0) is 19.2 Å². The fraction of sp³-hybridized carbons (Fsp3) is 0.714. The molecule has 145 valence electrons. The topological polar surface area (TPSA) is 9.23 Å². The molecule has 1 aromatic carbocycles. The SMILES string of the molecule is CCOc1cccc([PH]([CH](Cl)[Pd])(C2CCCCC2)C2CCCCC2)c1.